The van der Waals surface area contributed by atoms with Crippen LogP contribution in [-0.2, 0) is 14.8 Å². The molecule has 116 valence electrons. The van der Waals surface area contributed by atoms with Crippen LogP contribution in [0.25, 0.3) is 0 Å². The fourth-order valence-electron chi connectivity index (χ4n) is 2.21. The van der Waals surface area contributed by atoms with Crippen molar-refractivity contribution >= 4 is 10.0 Å². The van der Waals surface area contributed by atoms with Crippen molar-refractivity contribution in [2.75, 3.05) is 20.3 Å². The molecule has 0 unspecified atom stereocenters. The smallest absolute Gasteiger partial charge is 0.243 e. The van der Waals surface area contributed by atoms with Crippen molar-refractivity contribution in [2.45, 2.75) is 37.6 Å². The third-order valence-electron chi connectivity index (χ3n) is 3.46. The second-order valence-corrected chi connectivity index (χ2v) is 6.61. The Kier molecular flexibility index (Phi) is 6.82. The van der Waals surface area contributed by atoms with Crippen LogP contribution in [0.3, 0.4) is 0 Å². The molecule has 1 aromatic rings. The zero-order valence-corrected chi connectivity index (χ0v) is 13.6. The summed E-state index contributed by atoms with van der Waals surface area (Å²) in [5.41, 5.74) is 0.444. The standard InChI is InChI=1S/C15H22N2O3S/c1-4-14(5-2)17(10-11-20-3)21(18,19)15-8-6-13(12-16)7-9-15/h6-9,14H,4-5,10-11H2,1-3H3. The van der Waals surface area contributed by atoms with Crippen LogP contribution in [0.5, 0.6) is 0 Å². The molecule has 0 radical (unpaired) electrons. The summed E-state index contributed by atoms with van der Waals surface area (Å²) in [4.78, 5) is 0.213. The van der Waals surface area contributed by atoms with Crippen LogP contribution < -0.4 is 0 Å². The summed E-state index contributed by atoms with van der Waals surface area (Å²) in [6, 6.07) is 7.94. The number of methoxy groups -OCH3 is 1. The van der Waals surface area contributed by atoms with Crippen LogP contribution in [0.4, 0.5) is 0 Å². The van der Waals surface area contributed by atoms with E-state index in [1.165, 1.54) is 28.6 Å². The molecule has 0 amide bonds. The SMILES string of the molecule is CCC(CC)N(CCOC)S(=O)(=O)c1ccc(C#N)cc1. The van der Waals surface area contributed by atoms with E-state index in [-0.39, 0.29) is 10.9 Å². The van der Waals surface area contributed by atoms with Crippen molar-refractivity contribution in [1.82, 2.24) is 4.31 Å². The first kappa shape index (κ1) is 17.6. The summed E-state index contributed by atoms with van der Waals surface area (Å²) in [6.07, 6.45) is 1.49. The first-order valence-electron chi connectivity index (χ1n) is 7.02. The Hall–Kier alpha value is -1.42. The highest BCUT2D eigenvalue weighted by molar-refractivity contribution is 7.89. The van der Waals surface area contributed by atoms with Gasteiger partial charge in [0, 0.05) is 19.7 Å². The monoisotopic (exact) mass is 310 g/mol. The van der Waals surface area contributed by atoms with Crippen LogP contribution in [0.1, 0.15) is 32.3 Å². The lowest BCUT2D eigenvalue weighted by molar-refractivity contribution is 0.163. The molecule has 0 fully saturated rings. The van der Waals surface area contributed by atoms with E-state index in [1.807, 2.05) is 19.9 Å². The van der Waals surface area contributed by atoms with Crippen LogP contribution in [0, 0.1) is 11.3 Å². The molecule has 0 aliphatic rings. The van der Waals surface area contributed by atoms with Gasteiger partial charge in [0.1, 0.15) is 0 Å². The molecule has 5 nitrogen and oxygen atoms in total. The highest BCUT2D eigenvalue weighted by Gasteiger charge is 2.29. The van der Waals surface area contributed by atoms with Gasteiger partial charge in [0.25, 0.3) is 0 Å². The number of hydrogen-bond donors (Lipinski definition) is 0. The fourth-order valence-corrected chi connectivity index (χ4v) is 3.97. The number of benzene rings is 1. The quantitative estimate of drug-likeness (QED) is 0.739. The maximum atomic E-state index is 12.8. The topological polar surface area (TPSA) is 70.4 Å². The summed E-state index contributed by atoms with van der Waals surface area (Å²) in [7, 11) is -2.02. The van der Waals surface area contributed by atoms with E-state index in [0.29, 0.717) is 18.7 Å². The Morgan fingerprint density at radius 1 is 1.24 bits per heavy atom. The van der Waals surface area contributed by atoms with Crippen molar-refractivity contribution in [3.05, 3.63) is 29.8 Å². The number of sulfonamides is 1. The lowest BCUT2D eigenvalue weighted by Crippen LogP contribution is -2.41. The highest BCUT2D eigenvalue weighted by atomic mass is 32.2. The van der Waals surface area contributed by atoms with Gasteiger partial charge in [-0.2, -0.15) is 9.57 Å². The second kappa shape index (κ2) is 8.13. The van der Waals surface area contributed by atoms with Gasteiger partial charge in [-0.1, -0.05) is 13.8 Å². The zero-order chi connectivity index (χ0) is 15.9. The van der Waals surface area contributed by atoms with Gasteiger partial charge in [-0.15, -0.1) is 0 Å². The number of nitrogens with zero attached hydrogens (tertiary/aromatic N) is 2. The highest BCUT2D eigenvalue weighted by Crippen LogP contribution is 2.21. The molecule has 0 heterocycles. The second-order valence-electron chi connectivity index (χ2n) is 4.72. The molecule has 0 aliphatic heterocycles. The van der Waals surface area contributed by atoms with Gasteiger partial charge < -0.3 is 4.74 Å². The maximum absolute atomic E-state index is 12.8. The van der Waals surface area contributed by atoms with E-state index < -0.39 is 10.0 Å². The Morgan fingerprint density at radius 2 is 1.81 bits per heavy atom. The van der Waals surface area contributed by atoms with Crippen molar-refractivity contribution in [3.63, 3.8) is 0 Å². The molecular formula is C15H22N2O3S. The number of ether oxygens (including phenoxy) is 1. The molecule has 21 heavy (non-hydrogen) atoms. The van der Waals surface area contributed by atoms with Crippen molar-refractivity contribution in [1.29, 1.82) is 5.26 Å². The van der Waals surface area contributed by atoms with E-state index in [4.69, 9.17) is 10.00 Å². The zero-order valence-electron chi connectivity index (χ0n) is 12.7. The summed E-state index contributed by atoms with van der Waals surface area (Å²) in [5.74, 6) is 0. The summed E-state index contributed by atoms with van der Waals surface area (Å²) >= 11 is 0. The van der Waals surface area contributed by atoms with Crippen LogP contribution in [0.15, 0.2) is 29.2 Å². The first-order chi connectivity index (χ1) is 10.0. The molecule has 0 N–H and O–H groups in total. The van der Waals surface area contributed by atoms with Crippen molar-refractivity contribution < 1.29 is 13.2 Å². The summed E-state index contributed by atoms with van der Waals surface area (Å²) in [6.45, 7) is 4.63. The molecular weight excluding hydrogens is 288 g/mol. The maximum Gasteiger partial charge on any atom is 0.243 e. The van der Waals surface area contributed by atoms with Gasteiger partial charge >= 0.3 is 0 Å². The molecule has 0 spiro atoms. The minimum absolute atomic E-state index is 0.0548. The number of hydrogen-bond acceptors (Lipinski definition) is 4. The minimum Gasteiger partial charge on any atom is -0.383 e. The molecule has 6 heteroatoms. The van der Waals surface area contributed by atoms with Gasteiger partial charge in [-0.25, -0.2) is 8.42 Å². The molecule has 1 aromatic carbocycles. The third-order valence-corrected chi connectivity index (χ3v) is 5.42. The lowest BCUT2D eigenvalue weighted by atomic mass is 10.2. The Balaban J connectivity index is 3.15. The Labute approximate surface area is 127 Å². The van der Waals surface area contributed by atoms with Gasteiger partial charge in [-0.3, -0.25) is 0 Å². The van der Waals surface area contributed by atoms with Crippen molar-refractivity contribution in [2.24, 2.45) is 0 Å². The molecule has 0 bridgehead atoms. The molecule has 0 aliphatic carbocycles. The summed E-state index contributed by atoms with van der Waals surface area (Å²) < 4.78 is 32.1. The van der Waals surface area contributed by atoms with E-state index in [1.54, 1.807) is 7.11 Å². The predicted octanol–water partition coefficient (Wildman–Crippen LogP) is 2.38. The fraction of sp³-hybridized carbons (Fsp3) is 0.533. The van der Waals surface area contributed by atoms with Crippen molar-refractivity contribution in [3.8, 4) is 6.07 Å². The van der Waals surface area contributed by atoms with Crippen LogP contribution >= 0.6 is 0 Å². The minimum atomic E-state index is -3.58. The average molecular weight is 310 g/mol. The Morgan fingerprint density at radius 3 is 2.24 bits per heavy atom. The largest absolute Gasteiger partial charge is 0.383 e. The van der Waals surface area contributed by atoms with Gasteiger partial charge in [0.15, 0.2) is 0 Å². The average Bonchev–Trinajstić information content (AvgIpc) is 2.51. The lowest BCUT2D eigenvalue weighted by Gasteiger charge is -2.29. The van der Waals surface area contributed by atoms with Crippen LogP contribution in [0.2, 0.25) is 0 Å². The number of nitriles is 1. The van der Waals surface area contributed by atoms with Crippen LogP contribution in [-0.4, -0.2) is 39.0 Å². The summed E-state index contributed by atoms with van der Waals surface area (Å²) in [5, 5.41) is 8.79. The first-order valence-corrected chi connectivity index (χ1v) is 8.46. The normalized spacial score (nSPS) is 11.8. The predicted molar refractivity (Wildman–Crippen MR) is 81.3 cm³/mol. The van der Waals surface area contributed by atoms with E-state index in [0.717, 1.165) is 12.8 Å². The van der Waals surface area contributed by atoms with Gasteiger partial charge in [0.05, 0.1) is 23.1 Å². The third kappa shape index (κ3) is 4.27. The molecule has 0 aromatic heterocycles. The Bertz CT molecular complexity index is 572. The van der Waals surface area contributed by atoms with E-state index >= 15 is 0 Å². The molecule has 0 saturated carbocycles. The van der Waals surface area contributed by atoms with Gasteiger partial charge in [0.2, 0.25) is 10.0 Å². The van der Waals surface area contributed by atoms with Gasteiger partial charge in [-0.05, 0) is 37.1 Å². The molecule has 0 atom stereocenters. The van der Waals surface area contributed by atoms with E-state index in [9.17, 15) is 8.42 Å². The molecule has 1 rings (SSSR count). The number of rotatable bonds is 8. The molecule has 0 saturated heterocycles. The van der Waals surface area contributed by atoms with E-state index in [2.05, 4.69) is 0 Å².